The molecule has 6 nitrogen and oxygen atoms in total. The number of rotatable bonds is 4. The number of hydrogen-bond acceptors (Lipinski definition) is 5. The second-order valence-corrected chi connectivity index (χ2v) is 7.10. The number of benzene rings is 2. The zero-order chi connectivity index (χ0) is 20.7. The smallest absolute Gasteiger partial charge is 0.197 e. The summed E-state index contributed by atoms with van der Waals surface area (Å²) in [5.41, 5.74) is 5.02. The number of aromatic nitrogens is 5. The van der Waals surface area contributed by atoms with Crippen LogP contribution in [0.2, 0.25) is 0 Å². The van der Waals surface area contributed by atoms with Gasteiger partial charge in [0.2, 0.25) is 0 Å². The standard InChI is InChI=1S/C23H18FN5O/c1-14-8-17(30-2)5-6-18(14)21-11-26-22-23(28-21)29(13-27-22)12-16-9-15-4-3-7-25-20(15)10-19(16)24/h3-11,13H,12H2,1-2H3. The van der Waals surface area contributed by atoms with E-state index < -0.39 is 0 Å². The number of pyridine rings is 1. The minimum Gasteiger partial charge on any atom is -0.497 e. The van der Waals surface area contributed by atoms with E-state index in [0.717, 1.165) is 28.0 Å². The lowest BCUT2D eigenvalue weighted by atomic mass is 10.1. The molecule has 0 atom stereocenters. The molecule has 0 aliphatic rings. The molecule has 0 amide bonds. The van der Waals surface area contributed by atoms with E-state index in [-0.39, 0.29) is 5.82 Å². The monoisotopic (exact) mass is 399 g/mol. The summed E-state index contributed by atoms with van der Waals surface area (Å²) in [6.45, 7) is 2.30. The molecule has 0 fully saturated rings. The molecule has 0 saturated carbocycles. The van der Waals surface area contributed by atoms with Crippen molar-refractivity contribution in [3.63, 3.8) is 0 Å². The van der Waals surface area contributed by atoms with Gasteiger partial charge >= 0.3 is 0 Å². The molecule has 0 aliphatic carbocycles. The number of imidazole rings is 1. The molecule has 0 spiro atoms. The van der Waals surface area contributed by atoms with Gasteiger partial charge in [-0.3, -0.25) is 4.98 Å². The minimum absolute atomic E-state index is 0.299. The van der Waals surface area contributed by atoms with E-state index in [1.165, 1.54) is 6.07 Å². The Bertz CT molecular complexity index is 1400. The van der Waals surface area contributed by atoms with Crippen molar-refractivity contribution < 1.29 is 9.13 Å². The van der Waals surface area contributed by atoms with Gasteiger partial charge in [0, 0.05) is 28.8 Å². The predicted octanol–water partition coefficient (Wildman–Crippen LogP) is 4.55. The van der Waals surface area contributed by atoms with Gasteiger partial charge in [0.1, 0.15) is 11.6 Å². The van der Waals surface area contributed by atoms with Gasteiger partial charge in [0.05, 0.1) is 37.4 Å². The predicted molar refractivity (Wildman–Crippen MR) is 113 cm³/mol. The largest absolute Gasteiger partial charge is 0.497 e. The zero-order valence-corrected chi connectivity index (χ0v) is 16.5. The molecule has 30 heavy (non-hydrogen) atoms. The fraction of sp³-hybridized carbons (Fsp3) is 0.130. The Morgan fingerprint density at radius 1 is 1.07 bits per heavy atom. The maximum absolute atomic E-state index is 14.7. The van der Waals surface area contributed by atoms with Crippen molar-refractivity contribution >= 4 is 22.2 Å². The summed E-state index contributed by atoms with van der Waals surface area (Å²) in [5.74, 6) is 0.481. The Morgan fingerprint density at radius 2 is 1.97 bits per heavy atom. The maximum Gasteiger partial charge on any atom is 0.197 e. The number of fused-ring (bicyclic) bond motifs is 2. The summed E-state index contributed by atoms with van der Waals surface area (Å²) in [7, 11) is 1.64. The van der Waals surface area contributed by atoms with E-state index in [1.807, 2.05) is 47.9 Å². The first-order chi connectivity index (χ1) is 14.6. The van der Waals surface area contributed by atoms with E-state index in [1.54, 1.807) is 25.8 Å². The second kappa shape index (κ2) is 7.18. The molecular weight excluding hydrogens is 381 g/mol. The van der Waals surface area contributed by atoms with E-state index in [2.05, 4.69) is 15.0 Å². The lowest BCUT2D eigenvalue weighted by Gasteiger charge is -2.09. The molecule has 0 N–H and O–H groups in total. The van der Waals surface area contributed by atoms with Crippen molar-refractivity contribution in [2.24, 2.45) is 0 Å². The van der Waals surface area contributed by atoms with Crippen LogP contribution in [0.15, 0.2) is 61.2 Å². The Balaban J connectivity index is 1.56. The SMILES string of the molecule is COc1ccc(-c2cnc3ncn(Cc4cc5cccnc5cc4F)c3n2)c(C)c1. The molecule has 148 valence electrons. The van der Waals surface area contributed by atoms with Gasteiger partial charge in [-0.2, -0.15) is 0 Å². The first kappa shape index (κ1) is 18.2. The molecular formula is C23H18FN5O. The number of hydrogen-bond donors (Lipinski definition) is 0. The van der Waals surface area contributed by atoms with Crippen LogP contribution in [0.5, 0.6) is 5.75 Å². The Hall–Kier alpha value is -3.87. The third-order valence-corrected chi connectivity index (χ3v) is 5.15. The minimum atomic E-state index is -0.307. The third-order valence-electron chi connectivity index (χ3n) is 5.15. The van der Waals surface area contributed by atoms with E-state index >= 15 is 0 Å². The highest BCUT2D eigenvalue weighted by atomic mass is 19.1. The Labute approximate surface area is 172 Å². The van der Waals surface area contributed by atoms with Crippen molar-refractivity contribution in [2.45, 2.75) is 13.5 Å². The molecule has 5 aromatic rings. The van der Waals surface area contributed by atoms with Crippen LogP contribution < -0.4 is 4.74 Å². The molecule has 7 heteroatoms. The van der Waals surface area contributed by atoms with Crippen LogP contribution in [-0.2, 0) is 6.54 Å². The van der Waals surface area contributed by atoms with Crippen molar-refractivity contribution in [1.29, 1.82) is 0 Å². The summed E-state index contributed by atoms with van der Waals surface area (Å²) in [6.07, 6.45) is 5.00. The average Bonchev–Trinajstić information content (AvgIpc) is 3.16. The van der Waals surface area contributed by atoms with E-state index in [0.29, 0.717) is 28.9 Å². The first-order valence-electron chi connectivity index (χ1n) is 9.48. The van der Waals surface area contributed by atoms with Crippen LogP contribution in [0.4, 0.5) is 4.39 Å². The summed E-state index contributed by atoms with van der Waals surface area (Å²) in [6, 6.07) is 12.8. The molecule has 2 aromatic carbocycles. The third kappa shape index (κ3) is 3.14. The number of ether oxygens (including phenoxy) is 1. The molecule has 0 unspecified atom stereocenters. The lowest BCUT2D eigenvalue weighted by Crippen LogP contribution is -2.03. The number of methoxy groups -OCH3 is 1. The second-order valence-electron chi connectivity index (χ2n) is 7.10. The van der Waals surface area contributed by atoms with Crippen molar-refractivity contribution in [1.82, 2.24) is 24.5 Å². The maximum atomic E-state index is 14.7. The van der Waals surface area contributed by atoms with Crippen LogP contribution in [0.25, 0.3) is 33.5 Å². The number of halogens is 1. The highest BCUT2D eigenvalue weighted by molar-refractivity contribution is 5.79. The number of aryl methyl sites for hydroxylation is 1. The molecule has 5 rings (SSSR count). The van der Waals surface area contributed by atoms with Gasteiger partial charge in [-0.25, -0.2) is 19.3 Å². The van der Waals surface area contributed by atoms with Crippen molar-refractivity contribution in [2.75, 3.05) is 7.11 Å². The van der Waals surface area contributed by atoms with Crippen LogP contribution in [0.3, 0.4) is 0 Å². The van der Waals surface area contributed by atoms with Crippen LogP contribution in [0, 0.1) is 12.7 Å². The van der Waals surface area contributed by atoms with E-state index in [4.69, 9.17) is 9.72 Å². The van der Waals surface area contributed by atoms with Gasteiger partial charge in [-0.15, -0.1) is 0 Å². The Morgan fingerprint density at radius 3 is 2.80 bits per heavy atom. The summed E-state index contributed by atoms with van der Waals surface area (Å²) in [5, 5.41) is 0.888. The van der Waals surface area contributed by atoms with Gasteiger partial charge in [0.25, 0.3) is 0 Å². The first-order valence-corrected chi connectivity index (χ1v) is 9.48. The zero-order valence-electron chi connectivity index (χ0n) is 16.5. The molecule has 0 radical (unpaired) electrons. The van der Waals surface area contributed by atoms with Crippen LogP contribution >= 0.6 is 0 Å². The van der Waals surface area contributed by atoms with Crippen LogP contribution in [0.1, 0.15) is 11.1 Å². The van der Waals surface area contributed by atoms with Crippen LogP contribution in [-0.4, -0.2) is 31.6 Å². The van der Waals surface area contributed by atoms with Gasteiger partial charge < -0.3 is 9.30 Å². The summed E-state index contributed by atoms with van der Waals surface area (Å²) < 4.78 is 21.8. The van der Waals surface area contributed by atoms with Crippen molar-refractivity contribution in [3.8, 4) is 17.0 Å². The quantitative estimate of drug-likeness (QED) is 0.444. The average molecular weight is 399 g/mol. The van der Waals surface area contributed by atoms with E-state index in [9.17, 15) is 4.39 Å². The highest BCUT2D eigenvalue weighted by Crippen LogP contribution is 2.26. The molecule has 0 aliphatic heterocycles. The molecule has 3 aromatic heterocycles. The normalized spacial score (nSPS) is 11.3. The van der Waals surface area contributed by atoms with Crippen molar-refractivity contribution in [3.05, 3.63) is 78.1 Å². The summed E-state index contributed by atoms with van der Waals surface area (Å²) >= 11 is 0. The Kier molecular flexibility index (Phi) is 4.35. The summed E-state index contributed by atoms with van der Waals surface area (Å²) in [4.78, 5) is 17.8. The van der Waals surface area contributed by atoms with Gasteiger partial charge in [0.15, 0.2) is 11.3 Å². The molecule has 0 bridgehead atoms. The molecule has 0 saturated heterocycles. The fourth-order valence-corrected chi connectivity index (χ4v) is 3.58. The molecule has 3 heterocycles. The topological polar surface area (TPSA) is 65.7 Å². The number of nitrogens with zero attached hydrogens (tertiary/aromatic N) is 5. The lowest BCUT2D eigenvalue weighted by molar-refractivity contribution is 0.414. The highest BCUT2D eigenvalue weighted by Gasteiger charge is 2.13. The fourth-order valence-electron chi connectivity index (χ4n) is 3.58. The van der Waals surface area contributed by atoms with Gasteiger partial charge in [-0.1, -0.05) is 6.07 Å². The van der Waals surface area contributed by atoms with Gasteiger partial charge in [-0.05, 0) is 42.8 Å².